The number of rotatable bonds is 4. The lowest BCUT2D eigenvalue weighted by Gasteiger charge is -2.30. The molecule has 0 unspecified atom stereocenters. The summed E-state index contributed by atoms with van der Waals surface area (Å²) in [4.78, 5) is 24.7. The predicted octanol–water partition coefficient (Wildman–Crippen LogP) is 1.70. The second-order valence-electron chi connectivity index (χ2n) is 6.70. The molecule has 1 aromatic rings. The van der Waals surface area contributed by atoms with E-state index in [4.69, 9.17) is 0 Å². The number of carbonyl (C=O) groups is 1. The molecule has 0 radical (unpaired) electrons. The first-order valence-corrected chi connectivity index (χ1v) is 8.52. The van der Waals surface area contributed by atoms with Gasteiger partial charge in [0.2, 0.25) is 0 Å². The van der Waals surface area contributed by atoms with Gasteiger partial charge in [-0.3, -0.25) is 19.8 Å². The molecule has 1 amide bonds. The summed E-state index contributed by atoms with van der Waals surface area (Å²) >= 11 is 0. The van der Waals surface area contributed by atoms with Gasteiger partial charge in [0.25, 0.3) is 11.6 Å². The number of aliphatic hydroxyl groups excluding tert-OH is 1. The van der Waals surface area contributed by atoms with E-state index < -0.39 is 11.0 Å². The molecule has 1 saturated carbocycles. The molecule has 2 fully saturated rings. The molecule has 0 spiro atoms. The number of non-ortho nitro benzene ring substituents is 1. The average molecular weight is 333 g/mol. The molecule has 0 bridgehead atoms. The number of hydrogen-bond acceptors (Lipinski definition) is 5. The zero-order valence-corrected chi connectivity index (χ0v) is 13.6. The summed E-state index contributed by atoms with van der Waals surface area (Å²) < 4.78 is 0. The molecular weight excluding hydrogens is 310 g/mol. The van der Waals surface area contributed by atoms with E-state index in [1.165, 1.54) is 43.5 Å². The molecule has 7 nitrogen and oxygen atoms in total. The molecule has 1 heterocycles. The average Bonchev–Trinajstić information content (AvgIpc) is 2.96. The summed E-state index contributed by atoms with van der Waals surface area (Å²) in [5.41, 5.74) is 0.319. The van der Waals surface area contributed by atoms with E-state index in [2.05, 4.69) is 10.2 Å². The minimum atomic E-state index is -0.575. The third kappa shape index (κ3) is 3.73. The smallest absolute Gasteiger partial charge is 0.269 e. The highest BCUT2D eigenvalue weighted by Gasteiger charge is 2.36. The number of nitro benzene ring substituents is 1. The van der Waals surface area contributed by atoms with Crippen LogP contribution in [0.25, 0.3) is 0 Å². The maximum atomic E-state index is 12.3. The molecule has 1 aliphatic heterocycles. The van der Waals surface area contributed by atoms with Gasteiger partial charge in [0.05, 0.1) is 17.1 Å². The number of nitrogens with one attached hydrogen (secondary N) is 1. The van der Waals surface area contributed by atoms with Gasteiger partial charge in [0.15, 0.2) is 0 Å². The summed E-state index contributed by atoms with van der Waals surface area (Å²) in [5.74, 6) is -0.306. The highest BCUT2D eigenvalue weighted by atomic mass is 16.6. The number of β-amino-alcohol motifs (C(OH)–C–C–N with tert-alkyl or cyclic N) is 1. The van der Waals surface area contributed by atoms with Crippen LogP contribution in [0.2, 0.25) is 0 Å². The topological polar surface area (TPSA) is 95.7 Å². The lowest BCUT2D eigenvalue weighted by atomic mass is 9.94. The van der Waals surface area contributed by atoms with Gasteiger partial charge in [-0.25, -0.2) is 0 Å². The van der Waals surface area contributed by atoms with Crippen molar-refractivity contribution >= 4 is 11.6 Å². The van der Waals surface area contributed by atoms with Gasteiger partial charge in [-0.05, 0) is 25.0 Å². The number of carbonyl (C=O) groups excluding carboxylic acids is 1. The van der Waals surface area contributed by atoms with Crippen molar-refractivity contribution in [1.29, 1.82) is 0 Å². The number of likely N-dealkylation sites (tertiary alicyclic amines) is 1. The van der Waals surface area contributed by atoms with E-state index in [0.717, 1.165) is 12.8 Å². The third-order valence-corrected chi connectivity index (χ3v) is 5.07. The number of hydrogen-bond donors (Lipinski definition) is 2. The first-order valence-electron chi connectivity index (χ1n) is 8.52. The van der Waals surface area contributed by atoms with E-state index in [1.54, 1.807) is 0 Å². The quantitative estimate of drug-likeness (QED) is 0.646. The van der Waals surface area contributed by atoms with Crippen molar-refractivity contribution in [1.82, 2.24) is 10.2 Å². The number of nitrogens with zero attached hydrogens (tertiary/aromatic N) is 2. The largest absolute Gasteiger partial charge is 0.390 e. The number of nitro groups is 1. The Morgan fingerprint density at radius 2 is 1.83 bits per heavy atom. The van der Waals surface area contributed by atoms with Gasteiger partial charge in [-0.1, -0.05) is 19.3 Å². The van der Waals surface area contributed by atoms with Crippen LogP contribution in [0, 0.1) is 10.1 Å². The Morgan fingerprint density at radius 3 is 2.46 bits per heavy atom. The Morgan fingerprint density at radius 1 is 1.17 bits per heavy atom. The molecule has 1 aromatic carbocycles. The van der Waals surface area contributed by atoms with Gasteiger partial charge in [-0.15, -0.1) is 0 Å². The van der Waals surface area contributed by atoms with Crippen LogP contribution in [0.4, 0.5) is 5.69 Å². The summed E-state index contributed by atoms with van der Waals surface area (Å²) in [7, 11) is 0. The lowest BCUT2D eigenvalue weighted by Crippen LogP contribution is -2.43. The van der Waals surface area contributed by atoms with Crippen molar-refractivity contribution in [3.63, 3.8) is 0 Å². The maximum Gasteiger partial charge on any atom is 0.269 e. The standard InChI is InChI=1S/C17H23N3O4/c21-16-11-19(13-4-2-1-3-5-13)10-15(16)18-17(22)12-6-8-14(9-7-12)20(23)24/h6-9,13,15-16,21H,1-5,10-11H2,(H,18,22)/t15-,16-/m0/s1. The fraction of sp³-hybridized carbons (Fsp3) is 0.588. The van der Waals surface area contributed by atoms with Gasteiger partial charge in [0.1, 0.15) is 0 Å². The fourth-order valence-electron chi connectivity index (χ4n) is 3.69. The minimum absolute atomic E-state index is 0.0454. The van der Waals surface area contributed by atoms with Crippen LogP contribution in [0.15, 0.2) is 24.3 Å². The molecule has 7 heteroatoms. The van der Waals surface area contributed by atoms with Gasteiger partial charge in [0, 0.05) is 36.8 Å². The summed E-state index contributed by atoms with van der Waals surface area (Å²) in [6, 6.07) is 5.72. The predicted molar refractivity (Wildman–Crippen MR) is 88.8 cm³/mol. The maximum absolute atomic E-state index is 12.3. The van der Waals surface area contributed by atoms with Gasteiger partial charge in [-0.2, -0.15) is 0 Å². The fourth-order valence-corrected chi connectivity index (χ4v) is 3.69. The highest BCUT2D eigenvalue weighted by Crippen LogP contribution is 2.26. The molecule has 2 aliphatic rings. The van der Waals surface area contributed by atoms with Crippen molar-refractivity contribution in [3.8, 4) is 0 Å². The monoisotopic (exact) mass is 333 g/mol. The Balaban J connectivity index is 1.58. The number of amides is 1. The van der Waals surface area contributed by atoms with Crippen LogP contribution in [0.5, 0.6) is 0 Å². The minimum Gasteiger partial charge on any atom is -0.390 e. The van der Waals surface area contributed by atoms with E-state index >= 15 is 0 Å². The van der Waals surface area contributed by atoms with E-state index in [-0.39, 0.29) is 17.6 Å². The van der Waals surface area contributed by atoms with E-state index in [0.29, 0.717) is 24.7 Å². The zero-order chi connectivity index (χ0) is 17.1. The molecule has 1 saturated heterocycles. The van der Waals surface area contributed by atoms with Crippen molar-refractivity contribution in [2.24, 2.45) is 0 Å². The Hall–Kier alpha value is -1.99. The van der Waals surface area contributed by atoms with Crippen LogP contribution in [-0.4, -0.2) is 52.1 Å². The second-order valence-corrected chi connectivity index (χ2v) is 6.70. The number of benzene rings is 1. The van der Waals surface area contributed by atoms with E-state index in [1.807, 2.05) is 0 Å². The van der Waals surface area contributed by atoms with Crippen LogP contribution in [-0.2, 0) is 0 Å². The highest BCUT2D eigenvalue weighted by molar-refractivity contribution is 5.94. The molecule has 2 N–H and O–H groups in total. The lowest BCUT2D eigenvalue weighted by molar-refractivity contribution is -0.384. The summed E-state index contributed by atoms with van der Waals surface area (Å²) in [6.45, 7) is 1.25. The van der Waals surface area contributed by atoms with Crippen molar-refractivity contribution in [2.45, 2.75) is 50.3 Å². The van der Waals surface area contributed by atoms with E-state index in [9.17, 15) is 20.0 Å². The Kier molecular flexibility index (Phi) is 5.11. The SMILES string of the molecule is O=C(N[C@H]1CN(C2CCCCC2)C[C@@H]1O)c1ccc([N+](=O)[O-])cc1. The normalized spacial score (nSPS) is 25.5. The third-order valence-electron chi connectivity index (χ3n) is 5.07. The van der Waals surface area contributed by atoms with Crippen molar-refractivity contribution < 1.29 is 14.8 Å². The van der Waals surface area contributed by atoms with Crippen LogP contribution in [0.3, 0.4) is 0 Å². The molecule has 2 atom stereocenters. The van der Waals surface area contributed by atoms with Gasteiger partial charge >= 0.3 is 0 Å². The first-order chi connectivity index (χ1) is 11.5. The summed E-state index contributed by atoms with van der Waals surface area (Å²) in [5, 5.41) is 23.8. The molecule has 130 valence electrons. The molecule has 0 aromatic heterocycles. The van der Waals surface area contributed by atoms with Crippen LogP contribution < -0.4 is 5.32 Å². The Bertz CT molecular complexity index is 598. The molecular formula is C17H23N3O4. The van der Waals surface area contributed by atoms with Crippen LogP contribution >= 0.6 is 0 Å². The molecule has 24 heavy (non-hydrogen) atoms. The second kappa shape index (κ2) is 7.27. The molecule has 1 aliphatic carbocycles. The van der Waals surface area contributed by atoms with Crippen LogP contribution in [0.1, 0.15) is 42.5 Å². The first kappa shape index (κ1) is 16.9. The zero-order valence-electron chi connectivity index (χ0n) is 13.6. The van der Waals surface area contributed by atoms with Crippen molar-refractivity contribution in [2.75, 3.05) is 13.1 Å². The number of aliphatic hydroxyl groups is 1. The van der Waals surface area contributed by atoms with Gasteiger partial charge < -0.3 is 10.4 Å². The summed E-state index contributed by atoms with van der Waals surface area (Å²) in [6.07, 6.45) is 5.50. The van der Waals surface area contributed by atoms with Crippen molar-refractivity contribution in [3.05, 3.63) is 39.9 Å². The Labute approximate surface area is 140 Å². The molecule has 3 rings (SSSR count).